The number of hydrogen-bond acceptors (Lipinski definition) is 5. The van der Waals surface area contributed by atoms with Crippen LogP contribution in [0.25, 0.3) is 0 Å². The SMILES string of the molecule is CCOc1cc(OCC(=O)O)c(C=O)c(OCc2ccccc2)c1. The van der Waals surface area contributed by atoms with E-state index >= 15 is 0 Å². The minimum absolute atomic E-state index is 0.112. The van der Waals surface area contributed by atoms with E-state index in [0.29, 0.717) is 18.6 Å². The van der Waals surface area contributed by atoms with Crippen molar-refractivity contribution < 1.29 is 28.9 Å². The molecule has 0 saturated heterocycles. The van der Waals surface area contributed by atoms with Crippen LogP contribution in [0.2, 0.25) is 0 Å². The lowest BCUT2D eigenvalue weighted by atomic mass is 10.1. The molecule has 0 amide bonds. The summed E-state index contributed by atoms with van der Waals surface area (Å²) < 4.78 is 16.3. The fourth-order valence-corrected chi connectivity index (χ4v) is 2.06. The number of carbonyl (C=O) groups is 2. The second-order valence-corrected chi connectivity index (χ2v) is 4.84. The lowest BCUT2D eigenvalue weighted by Crippen LogP contribution is -2.11. The second-order valence-electron chi connectivity index (χ2n) is 4.84. The molecule has 2 rings (SSSR count). The zero-order valence-electron chi connectivity index (χ0n) is 13.2. The standard InChI is InChI=1S/C18H18O6/c1-2-22-14-8-16(23-11-13-6-4-3-5-7-13)15(10-19)17(9-14)24-12-18(20)21/h3-10H,2,11-12H2,1H3,(H,20,21). The van der Waals surface area contributed by atoms with Gasteiger partial charge >= 0.3 is 5.97 Å². The summed E-state index contributed by atoms with van der Waals surface area (Å²) in [7, 11) is 0. The van der Waals surface area contributed by atoms with E-state index in [2.05, 4.69) is 0 Å². The van der Waals surface area contributed by atoms with Crippen LogP contribution in [-0.4, -0.2) is 30.6 Å². The van der Waals surface area contributed by atoms with Gasteiger partial charge in [0.15, 0.2) is 12.9 Å². The largest absolute Gasteiger partial charge is 0.494 e. The van der Waals surface area contributed by atoms with Gasteiger partial charge in [-0.15, -0.1) is 0 Å². The Bertz CT molecular complexity index is 696. The fourth-order valence-electron chi connectivity index (χ4n) is 2.06. The van der Waals surface area contributed by atoms with Crippen LogP contribution < -0.4 is 14.2 Å². The Labute approximate surface area is 139 Å². The molecule has 2 aromatic carbocycles. The maximum absolute atomic E-state index is 11.4. The van der Waals surface area contributed by atoms with E-state index in [1.165, 1.54) is 6.07 Å². The highest BCUT2D eigenvalue weighted by Gasteiger charge is 2.15. The number of aliphatic carboxylic acids is 1. The van der Waals surface area contributed by atoms with Crippen molar-refractivity contribution in [2.75, 3.05) is 13.2 Å². The lowest BCUT2D eigenvalue weighted by Gasteiger charge is -2.15. The molecule has 0 bridgehead atoms. The molecular formula is C18H18O6. The van der Waals surface area contributed by atoms with E-state index in [-0.39, 0.29) is 23.7 Å². The molecule has 0 aliphatic carbocycles. The molecule has 2 aromatic rings. The first kappa shape index (κ1) is 17.3. The Hall–Kier alpha value is -3.02. The van der Waals surface area contributed by atoms with E-state index < -0.39 is 12.6 Å². The van der Waals surface area contributed by atoms with Gasteiger partial charge in [0.1, 0.15) is 23.9 Å². The predicted molar refractivity (Wildman–Crippen MR) is 86.9 cm³/mol. The summed E-state index contributed by atoms with van der Waals surface area (Å²) in [6, 6.07) is 12.5. The molecule has 0 saturated carbocycles. The van der Waals surface area contributed by atoms with Gasteiger partial charge in [-0.3, -0.25) is 4.79 Å². The van der Waals surface area contributed by atoms with Crippen molar-refractivity contribution in [3.63, 3.8) is 0 Å². The summed E-state index contributed by atoms with van der Waals surface area (Å²) in [6.45, 7) is 1.93. The van der Waals surface area contributed by atoms with Gasteiger partial charge in [0, 0.05) is 12.1 Å². The number of hydrogen-bond donors (Lipinski definition) is 1. The Morgan fingerprint density at radius 3 is 2.33 bits per heavy atom. The van der Waals surface area contributed by atoms with E-state index in [0.717, 1.165) is 5.56 Å². The van der Waals surface area contributed by atoms with Crippen LogP contribution in [0, 0.1) is 0 Å². The van der Waals surface area contributed by atoms with Gasteiger partial charge in [-0.1, -0.05) is 30.3 Å². The van der Waals surface area contributed by atoms with Crippen LogP contribution in [0.15, 0.2) is 42.5 Å². The van der Waals surface area contributed by atoms with Gasteiger partial charge in [0.05, 0.1) is 12.2 Å². The molecule has 0 heterocycles. The summed E-state index contributed by atoms with van der Waals surface area (Å²) in [5.74, 6) is -0.312. The van der Waals surface area contributed by atoms with Crippen LogP contribution in [0.5, 0.6) is 17.2 Å². The first-order valence-electron chi connectivity index (χ1n) is 7.41. The molecule has 0 aromatic heterocycles. The average molecular weight is 330 g/mol. The second kappa shape index (κ2) is 8.57. The maximum atomic E-state index is 11.4. The number of aldehydes is 1. The molecule has 126 valence electrons. The summed E-state index contributed by atoms with van der Waals surface area (Å²) in [5.41, 5.74) is 1.08. The molecule has 0 radical (unpaired) electrons. The van der Waals surface area contributed by atoms with Gasteiger partial charge < -0.3 is 19.3 Å². The van der Waals surface area contributed by atoms with Gasteiger partial charge in [-0.25, -0.2) is 4.79 Å². The first-order chi connectivity index (χ1) is 11.6. The van der Waals surface area contributed by atoms with Crippen molar-refractivity contribution in [2.24, 2.45) is 0 Å². The Morgan fingerprint density at radius 2 is 1.75 bits per heavy atom. The Morgan fingerprint density at radius 1 is 1.08 bits per heavy atom. The van der Waals surface area contributed by atoms with E-state index in [1.807, 2.05) is 37.3 Å². The van der Waals surface area contributed by atoms with Crippen LogP contribution in [0.1, 0.15) is 22.8 Å². The van der Waals surface area contributed by atoms with Crippen LogP contribution in [-0.2, 0) is 11.4 Å². The number of carboxylic acid groups (broad SMARTS) is 1. The molecule has 0 fully saturated rings. The third kappa shape index (κ3) is 4.74. The number of carboxylic acids is 1. The summed E-state index contributed by atoms with van der Waals surface area (Å²) in [6.07, 6.45) is 0.577. The highest BCUT2D eigenvalue weighted by Crippen LogP contribution is 2.33. The predicted octanol–water partition coefficient (Wildman–Crippen LogP) is 2.94. The molecule has 0 aliphatic heterocycles. The van der Waals surface area contributed by atoms with E-state index in [1.54, 1.807) is 6.07 Å². The van der Waals surface area contributed by atoms with Gasteiger partial charge in [0.2, 0.25) is 0 Å². The third-order valence-corrected chi connectivity index (χ3v) is 3.09. The van der Waals surface area contributed by atoms with E-state index in [9.17, 15) is 9.59 Å². The molecule has 1 N–H and O–H groups in total. The topological polar surface area (TPSA) is 82.1 Å². The van der Waals surface area contributed by atoms with Crippen molar-refractivity contribution >= 4 is 12.3 Å². The average Bonchev–Trinajstić information content (AvgIpc) is 2.59. The summed E-state index contributed by atoms with van der Waals surface area (Å²) >= 11 is 0. The van der Waals surface area contributed by atoms with Crippen molar-refractivity contribution in [3.05, 3.63) is 53.6 Å². The molecule has 0 spiro atoms. The van der Waals surface area contributed by atoms with Crippen molar-refractivity contribution in [2.45, 2.75) is 13.5 Å². The number of rotatable bonds is 9. The zero-order valence-corrected chi connectivity index (χ0v) is 13.2. The molecule has 0 atom stereocenters. The van der Waals surface area contributed by atoms with E-state index in [4.69, 9.17) is 19.3 Å². The normalized spacial score (nSPS) is 10.0. The van der Waals surface area contributed by atoms with Gasteiger partial charge in [0.25, 0.3) is 0 Å². The van der Waals surface area contributed by atoms with Crippen LogP contribution in [0.3, 0.4) is 0 Å². The monoisotopic (exact) mass is 330 g/mol. The minimum Gasteiger partial charge on any atom is -0.494 e. The summed E-state index contributed by atoms with van der Waals surface area (Å²) in [5, 5.41) is 8.76. The number of ether oxygens (including phenoxy) is 3. The van der Waals surface area contributed by atoms with Gasteiger partial charge in [-0.05, 0) is 12.5 Å². The smallest absolute Gasteiger partial charge is 0.341 e. The Balaban J connectivity index is 2.28. The maximum Gasteiger partial charge on any atom is 0.341 e. The molecule has 24 heavy (non-hydrogen) atoms. The van der Waals surface area contributed by atoms with Crippen LogP contribution in [0.4, 0.5) is 0 Å². The van der Waals surface area contributed by atoms with Crippen molar-refractivity contribution in [1.82, 2.24) is 0 Å². The molecule has 6 heteroatoms. The number of carbonyl (C=O) groups excluding carboxylic acids is 1. The Kier molecular flexibility index (Phi) is 6.19. The number of benzene rings is 2. The highest BCUT2D eigenvalue weighted by atomic mass is 16.5. The van der Waals surface area contributed by atoms with Gasteiger partial charge in [-0.2, -0.15) is 0 Å². The van der Waals surface area contributed by atoms with Crippen molar-refractivity contribution in [1.29, 1.82) is 0 Å². The van der Waals surface area contributed by atoms with Crippen LogP contribution >= 0.6 is 0 Å². The summed E-state index contributed by atoms with van der Waals surface area (Å²) in [4.78, 5) is 22.1. The quantitative estimate of drug-likeness (QED) is 0.712. The molecule has 6 nitrogen and oxygen atoms in total. The zero-order chi connectivity index (χ0) is 17.4. The molecule has 0 unspecified atom stereocenters. The lowest BCUT2D eigenvalue weighted by molar-refractivity contribution is -0.139. The molecular weight excluding hydrogens is 312 g/mol. The third-order valence-electron chi connectivity index (χ3n) is 3.09. The minimum atomic E-state index is -1.14. The first-order valence-corrected chi connectivity index (χ1v) is 7.41. The highest BCUT2D eigenvalue weighted by molar-refractivity contribution is 5.84. The molecule has 0 aliphatic rings. The van der Waals surface area contributed by atoms with Crippen molar-refractivity contribution in [3.8, 4) is 17.2 Å². The fraction of sp³-hybridized carbons (Fsp3) is 0.222.